The Hall–Kier alpha value is -2.82. The van der Waals surface area contributed by atoms with Gasteiger partial charge in [-0.3, -0.25) is 4.79 Å². The first-order valence-electron chi connectivity index (χ1n) is 8.82. The minimum atomic E-state index is -0.283. The summed E-state index contributed by atoms with van der Waals surface area (Å²) in [5.41, 5.74) is 3.18. The molecule has 0 heterocycles. The molecule has 0 atom stereocenters. The summed E-state index contributed by atoms with van der Waals surface area (Å²) in [6, 6.07) is 14.6. The first kappa shape index (κ1) is 19.5. The molecule has 0 spiro atoms. The van der Waals surface area contributed by atoms with Crippen molar-refractivity contribution in [1.82, 2.24) is 10.6 Å². The number of carbonyl (C=O) groups is 2. The van der Waals surface area contributed by atoms with Gasteiger partial charge in [-0.05, 0) is 57.0 Å². The third kappa shape index (κ3) is 5.92. The molecule has 3 amide bonds. The second kappa shape index (κ2) is 8.52. The smallest absolute Gasteiger partial charge is 0.319 e. The summed E-state index contributed by atoms with van der Waals surface area (Å²) < 4.78 is 0. The largest absolute Gasteiger partial charge is 0.347 e. The van der Waals surface area contributed by atoms with Crippen molar-refractivity contribution in [3.63, 3.8) is 0 Å². The van der Waals surface area contributed by atoms with E-state index in [-0.39, 0.29) is 17.5 Å². The summed E-state index contributed by atoms with van der Waals surface area (Å²) >= 11 is 0. The van der Waals surface area contributed by atoms with Gasteiger partial charge in [-0.2, -0.15) is 0 Å². The molecule has 0 saturated carbocycles. The molecule has 5 heteroatoms. The monoisotopic (exact) mass is 353 g/mol. The Kier molecular flexibility index (Phi) is 6.39. The summed E-state index contributed by atoms with van der Waals surface area (Å²) in [7, 11) is 0. The van der Waals surface area contributed by atoms with Crippen molar-refractivity contribution >= 4 is 17.6 Å². The number of carbonyl (C=O) groups excluding carboxylic acids is 2. The van der Waals surface area contributed by atoms with Crippen LogP contribution in [0.2, 0.25) is 0 Å². The van der Waals surface area contributed by atoms with Crippen LogP contribution in [0.25, 0.3) is 0 Å². The van der Waals surface area contributed by atoms with Crippen molar-refractivity contribution in [2.75, 3.05) is 5.32 Å². The third-order valence-corrected chi connectivity index (χ3v) is 4.31. The van der Waals surface area contributed by atoms with Crippen molar-refractivity contribution in [2.45, 2.75) is 46.2 Å². The van der Waals surface area contributed by atoms with Crippen LogP contribution in [0.5, 0.6) is 0 Å². The number of hydrogen-bond donors (Lipinski definition) is 3. The van der Waals surface area contributed by atoms with E-state index in [0.29, 0.717) is 17.8 Å². The van der Waals surface area contributed by atoms with Gasteiger partial charge in [-0.15, -0.1) is 0 Å². The van der Waals surface area contributed by atoms with E-state index >= 15 is 0 Å². The molecule has 2 aromatic carbocycles. The fourth-order valence-corrected chi connectivity index (χ4v) is 2.24. The molecule has 0 aromatic heterocycles. The van der Waals surface area contributed by atoms with Crippen LogP contribution in [0.1, 0.15) is 48.7 Å². The van der Waals surface area contributed by atoms with Crippen LogP contribution in [0, 0.1) is 6.92 Å². The van der Waals surface area contributed by atoms with Crippen LogP contribution >= 0.6 is 0 Å². The zero-order chi connectivity index (χ0) is 19.2. The molecule has 3 N–H and O–H groups in total. The molecule has 138 valence electrons. The van der Waals surface area contributed by atoms with Crippen molar-refractivity contribution < 1.29 is 9.59 Å². The Morgan fingerprint density at radius 3 is 2.15 bits per heavy atom. The highest BCUT2D eigenvalue weighted by atomic mass is 16.2. The van der Waals surface area contributed by atoms with Gasteiger partial charge in [-0.1, -0.05) is 36.8 Å². The van der Waals surface area contributed by atoms with Crippen LogP contribution < -0.4 is 16.0 Å². The van der Waals surface area contributed by atoms with Gasteiger partial charge in [0.2, 0.25) is 0 Å². The van der Waals surface area contributed by atoms with Gasteiger partial charge in [0.25, 0.3) is 5.91 Å². The van der Waals surface area contributed by atoms with E-state index in [9.17, 15) is 9.59 Å². The van der Waals surface area contributed by atoms with Crippen molar-refractivity contribution in [1.29, 1.82) is 0 Å². The van der Waals surface area contributed by atoms with Gasteiger partial charge in [0.15, 0.2) is 0 Å². The third-order valence-electron chi connectivity index (χ3n) is 4.31. The van der Waals surface area contributed by atoms with E-state index in [2.05, 4.69) is 16.0 Å². The molecule has 0 aliphatic heterocycles. The maximum absolute atomic E-state index is 12.2. The highest BCUT2D eigenvalue weighted by Gasteiger charge is 2.18. The number of benzene rings is 2. The molecule has 0 saturated heterocycles. The quantitative estimate of drug-likeness (QED) is 0.727. The SMILES string of the molecule is CCC(C)(C)NC(=O)c1ccc(NC(=O)NCc2ccc(C)cc2)cc1. The molecule has 5 nitrogen and oxygen atoms in total. The number of hydrogen-bond acceptors (Lipinski definition) is 2. The summed E-state index contributed by atoms with van der Waals surface area (Å²) in [4.78, 5) is 24.2. The van der Waals surface area contributed by atoms with Gasteiger partial charge in [0, 0.05) is 23.3 Å². The lowest BCUT2D eigenvalue weighted by Crippen LogP contribution is -2.42. The molecule has 0 radical (unpaired) electrons. The molecule has 0 aliphatic carbocycles. The summed E-state index contributed by atoms with van der Waals surface area (Å²) in [5, 5.41) is 8.57. The van der Waals surface area contributed by atoms with Crippen LogP contribution in [0.4, 0.5) is 10.5 Å². The fraction of sp³-hybridized carbons (Fsp3) is 0.333. The fourth-order valence-electron chi connectivity index (χ4n) is 2.24. The number of rotatable bonds is 6. The molecular formula is C21H27N3O2. The van der Waals surface area contributed by atoms with E-state index in [0.717, 1.165) is 12.0 Å². The topological polar surface area (TPSA) is 70.2 Å². The zero-order valence-electron chi connectivity index (χ0n) is 15.8. The number of aryl methyl sites for hydroxylation is 1. The number of anilines is 1. The van der Waals surface area contributed by atoms with Gasteiger partial charge in [0.05, 0.1) is 0 Å². The van der Waals surface area contributed by atoms with E-state index in [1.807, 2.05) is 52.0 Å². The number of amides is 3. The first-order valence-corrected chi connectivity index (χ1v) is 8.82. The van der Waals surface area contributed by atoms with E-state index < -0.39 is 0 Å². The molecule has 26 heavy (non-hydrogen) atoms. The normalized spacial score (nSPS) is 10.9. The maximum atomic E-state index is 12.2. The van der Waals surface area contributed by atoms with Gasteiger partial charge in [-0.25, -0.2) is 4.79 Å². The minimum absolute atomic E-state index is 0.118. The Labute approximate surface area is 155 Å². The molecule has 2 aromatic rings. The lowest BCUT2D eigenvalue weighted by Gasteiger charge is -2.24. The lowest BCUT2D eigenvalue weighted by molar-refractivity contribution is 0.0911. The Bertz CT molecular complexity index is 750. The molecule has 0 bridgehead atoms. The zero-order valence-corrected chi connectivity index (χ0v) is 15.8. The minimum Gasteiger partial charge on any atom is -0.347 e. The Morgan fingerprint density at radius 2 is 1.58 bits per heavy atom. The molecule has 2 rings (SSSR count). The second-order valence-electron chi connectivity index (χ2n) is 7.06. The Balaban J connectivity index is 1.87. The van der Waals surface area contributed by atoms with E-state index in [1.54, 1.807) is 24.3 Å². The van der Waals surface area contributed by atoms with Crippen LogP contribution in [-0.2, 0) is 6.54 Å². The van der Waals surface area contributed by atoms with Crippen LogP contribution in [0.15, 0.2) is 48.5 Å². The lowest BCUT2D eigenvalue weighted by atomic mass is 10.0. The number of nitrogens with one attached hydrogen (secondary N) is 3. The summed E-state index contributed by atoms with van der Waals surface area (Å²) in [6.07, 6.45) is 0.847. The summed E-state index contributed by atoms with van der Waals surface area (Å²) in [5.74, 6) is -0.118. The Morgan fingerprint density at radius 1 is 0.962 bits per heavy atom. The second-order valence-corrected chi connectivity index (χ2v) is 7.06. The molecule has 0 unspecified atom stereocenters. The van der Waals surface area contributed by atoms with E-state index in [1.165, 1.54) is 5.56 Å². The molecular weight excluding hydrogens is 326 g/mol. The van der Waals surface area contributed by atoms with E-state index in [4.69, 9.17) is 0 Å². The highest BCUT2D eigenvalue weighted by Crippen LogP contribution is 2.13. The van der Waals surface area contributed by atoms with Gasteiger partial charge in [0.1, 0.15) is 0 Å². The standard InChI is InChI=1S/C21H27N3O2/c1-5-21(3,4)24-19(25)17-10-12-18(13-11-17)23-20(26)22-14-16-8-6-15(2)7-9-16/h6-13H,5,14H2,1-4H3,(H,24,25)(H2,22,23,26). The summed E-state index contributed by atoms with van der Waals surface area (Å²) in [6.45, 7) is 8.48. The molecule has 0 fully saturated rings. The average Bonchev–Trinajstić information content (AvgIpc) is 2.61. The van der Waals surface area contributed by atoms with Crippen LogP contribution in [0.3, 0.4) is 0 Å². The predicted molar refractivity (Wildman–Crippen MR) is 105 cm³/mol. The van der Waals surface area contributed by atoms with Crippen molar-refractivity contribution in [3.05, 3.63) is 65.2 Å². The van der Waals surface area contributed by atoms with Crippen molar-refractivity contribution in [2.24, 2.45) is 0 Å². The highest BCUT2D eigenvalue weighted by molar-refractivity contribution is 5.95. The average molecular weight is 353 g/mol. The maximum Gasteiger partial charge on any atom is 0.319 e. The first-order chi connectivity index (χ1) is 12.3. The molecule has 0 aliphatic rings. The van der Waals surface area contributed by atoms with Crippen LogP contribution in [-0.4, -0.2) is 17.5 Å². The van der Waals surface area contributed by atoms with Crippen molar-refractivity contribution in [3.8, 4) is 0 Å². The predicted octanol–water partition coefficient (Wildman–Crippen LogP) is 4.24. The number of urea groups is 1. The van der Waals surface area contributed by atoms with Gasteiger partial charge >= 0.3 is 6.03 Å². The van der Waals surface area contributed by atoms with Gasteiger partial charge < -0.3 is 16.0 Å².